The Morgan fingerprint density at radius 1 is 1.21 bits per heavy atom. The van der Waals surface area contributed by atoms with Crippen LogP contribution in [0.2, 0.25) is 0 Å². The zero-order chi connectivity index (χ0) is 9.86. The molecule has 2 rings (SSSR count). The molecule has 1 saturated heterocycles. The molecule has 0 aromatic carbocycles. The van der Waals surface area contributed by atoms with Gasteiger partial charge in [0.25, 0.3) is 0 Å². The molecule has 2 aliphatic rings. The lowest BCUT2D eigenvalue weighted by atomic mass is 9.86. The van der Waals surface area contributed by atoms with Gasteiger partial charge in [-0.3, -0.25) is 0 Å². The van der Waals surface area contributed by atoms with Crippen molar-refractivity contribution in [3.05, 3.63) is 11.6 Å². The van der Waals surface area contributed by atoms with Crippen LogP contribution in [0, 0.1) is 0 Å². The third-order valence-electron chi connectivity index (χ3n) is 3.39. The highest BCUT2D eigenvalue weighted by Crippen LogP contribution is 2.37. The average Bonchev–Trinajstić information content (AvgIpc) is 2.52. The second kappa shape index (κ2) is 4.71. The van der Waals surface area contributed by atoms with E-state index in [1.165, 1.54) is 37.7 Å². The highest BCUT2D eigenvalue weighted by molar-refractivity contribution is 7.99. The van der Waals surface area contributed by atoms with Gasteiger partial charge < -0.3 is 5.11 Å². The van der Waals surface area contributed by atoms with Crippen LogP contribution in [-0.2, 0) is 0 Å². The maximum atomic E-state index is 10.4. The van der Waals surface area contributed by atoms with Crippen LogP contribution in [0.15, 0.2) is 11.6 Å². The number of rotatable bonds is 1. The van der Waals surface area contributed by atoms with Gasteiger partial charge in [-0.15, -0.1) is 0 Å². The Hall–Kier alpha value is 0.0500. The summed E-state index contributed by atoms with van der Waals surface area (Å²) < 4.78 is 0. The van der Waals surface area contributed by atoms with E-state index < -0.39 is 5.60 Å². The first-order valence-corrected chi connectivity index (χ1v) is 6.96. The molecule has 14 heavy (non-hydrogen) atoms. The maximum absolute atomic E-state index is 10.4. The molecule has 1 aliphatic heterocycles. The third-order valence-corrected chi connectivity index (χ3v) is 4.56. The maximum Gasteiger partial charge on any atom is 0.0954 e. The lowest BCUT2D eigenvalue weighted by molar-refractivity contribution is 0.102. The van der Waals surface area contributed by atoms with Crippen LogP contribution in [0.1, 0.15) is 44.9 Å². The molecule has 0 aromatic rings. The molecule has 0 amide bonds. The van der Waals surface area contributed by atoms with Crippen molar-refractivity contribution >= 4 is 11.8 Å². The summed E-state index contributed by atoms with van der Waals surface area (Å²) >= 11 is 1.90. The van der Waals surface area contributed by atoms with Gasteiger partial charge in [-0.25, -0.2) is 0 Å². The van der Waals surface area contributed by atoms with Crippen LogP contribution in [0.25, 0.3) is 0 Å². The highest BCUT2D eigenvalue weighted by Gasteiger charge is 2.34. The SMILES string of the molecule is OC1(C2=CCCCCCC2)CCSC1. The molecule has 1 N–H and O–H groups in total. The van der Waals surface area contributed by atoms with Crippen molar-refractivity contribution in [2.45, 2.75) is 50.5 Å². The van der Waals surface area contributed by atoms with E-state index in [1.54, 1.807) is 0 Å². The number of thioether (sulfide) groups is 1. The van der Waals surface area contributed by atoms with Crippen LogP contribution < -0.4 is 0 Å². The monoisotopic (exact) mass is 212 g/mol. The average molecular weight is 212 g/mol. The molecule has 0 saturated carbocycles. The molecule has 1 aliphatic carbocycles. The largest absolute Gasteiger partial charge is 0.385 e. The number of allylic oxidation sites excluding steroid dienone is 1. The van der Waals surface area contributed by atoms with Crippen molar-refractivity contribution in [2.75, 3.05) is 11.5 Å². The first kappa shape index (κ1) is 10.6. The van der Waals surface area contributed by atoms with Gasteiger partial charge in [-0.1, -0.05) is 18.9 Å². The van der Waals surface area contributed by atoms with Crippen molar-refractivity contribution in [3.8, 4) is 0 Å². The molecule has 2 heteroatoms. The summed E-state index contributed by atoms with van der Waals surface area (Å²) in [5, 5.41) is 10.4. The fraction of sp³-hybridized carbons (Fsp3) is 0.833. The number of hydrogen-bond donors (Lipinski definition) is 1. The lowest BCUT2D eigenvalue weighted by Crippen LogP contribution is -2.31. The van der Waals surface area contributed by atoms with E-state index in [4.69, 9.17) is 0 Å². The van der Waals surface area contributed by atoms with Gasteiger partial charge in [-0.2, -0.15) is 11.8 Å². The van der Waals surface area contributed by atoms with E-state index in [-0.39, 0.29) is 0 Å². The van der Waals surface area contributed by atoms with Gasteiger partial charge in [0.1, 0.15) is 0 Å². The first-order valence-electron chi connectivity index (χ1n) is 5.81. The summed E-state index contributed by atoms with van der Waals surface area (Å²) in [4.78, 5) is 0. The van der Waals surface area contributed by atoms with E-state index in [9.17, 15) is 5.11 Å². The summed E-state index contributed by atoms with van der Waals surface area (Å²) in [5.41, 5.74) is 0.921. The van der Waals surface area contributed by atoms with E-state index in [0.717, 1.165) is 24.3 Å². The van der Waals surface area contributed by atoms with E-state index >= 15 is 0 Å². The van der Waals surface area contributed by atoms with Crippen LogP contribution in [0.4, 0.5) is 0 Å². The highest BCUT2D eigenvalue weighted by atomic mass is 32.2. The quantitative estimate of drug-likeness (QED) is 0.674. The van der Waals surface area contributed by atoms with Crippen molar-refractivity contribution in [1.29, 1.82) is 0 Å². The summed E-state index contributed by atoms with van der Waals surface area (Å²) in [7, 11) is 0. The molecule has 1 heterocycles. The topological polar surface area (TPSA) is 20.2 Å². The third kappa shape index (κ3) is 2.34. The summed E-state index contributed by atoms with van der Waals surface area (Å²) in [6.07, 6.45) is 10.9. The Balaban J connectivity index is 2.05. The molecule has 1 unspecified atom stereocenters. The van der Waals surface area contributed by atoms with Crippen molar-refractivity contribution in [3.63, 3.8) is 0 Å². The second-order valence-corrected chi connectivity index (χ2v) is 5.62. The lowest BCUT2D eigenvalue weighted by Gasteiger charge is -2.26. The van der Waals surface area contributed by atoms with Gasteiger partial charge in [0.05, 0.1) is 5.60 Å². The Kier molecular flexibility index (Phi) is 3.56. The van der Waals surface area contributed by atoms with Crippen LogP contribution in [0.5, 0.6) is 0 Å². The van der Waals surface area contributed by atoms with E-state index in [2.05, 4.69) is 6.08 Å². The fourth-order valence-electron chi connectivity index (χ4n) is 2.42. The van der Waals surface area contributed by atoms with Crippen LogP contribution in [-0.4, -0.2) is 22.2 Å². The van der Waals surface area contributed by atoms with Crippen molar-refractivity contribution < 1.29 is 5.11 Å². The summed E-state index contributed by atoms with van der Waals surface area (Å²) in [6.45, 7) is 0. The minimum Gasteiger partial charge on any atom is -0.385 e. The number of aliphatic hydroxyl groups is 1. The minimum absolute atomic E-state index is 0.429. The molecule has 1 atom stereocenters. The molecule has 0 radical (unpaired) electrons. The Labute approximate surface area is 91.0 Å². The first-order chi connectivity index (χ1) is 6.81. The predicted octanol–water partition coefficient (Wildman–Crippen LogP) is 3.14. The standard InChI is InChI=1S/C12H20OS/c13-12(8-9-14-10-12)11-6-4-2-1-3-5-7-11/h6,13H,1-5,7-10H2. The van der Waals surface area contributed by atoms with Crippen LogP contribution >= 0.6 is 11.8 Å². The van der Waals surface area contributed by atoms with Gasteiger partial charge in [-0.05, 0) is 43.4 Å². The Morgan fingerprint density at radius 3 is 2.86 bits per heavy atom. The molecule has 1 fully saturated rings. The molecule has 0 aromatic heterocycles. The molecular formula is C12H20OS. The molecule has 0 spiro atoms. The molecule has 0 bridgehead atoms. The number of hydrogen-bond acceptors (Lipinski definition) is 2. The minimum atomic E-state index is -0.429. The zero-order valence-electron chi connectivity index (χ0n) is 8.80. The van der Waals surface area contributed by atoms with Gasteiger partial charge in [0, 0.05) is 5.75 Å². The molecule has 80 valence electrons. The van der Waals surface area contributed by atoms with Gasteiger partial charge in [0.2, 0.25) is 0 Å². The van der Waals surface area contributed by atoms with E-state index in [1.807, 2.05) is 11.8 Å². The second-order valence-electron chi connectivity index (χ2n) is 4.52. The normalized spacial score (nSPS) is 34.8. The Bertz CT molecular complexity index is 216. The fourth-order valence-corrected chi connectivity index (χ4v) is 3.72. The van der Waals surface area contributed by atoms with Gasteiger partial charge in [0.15, 0.2) is 0 Å². The summed E-state index contributed by atoms with van der Waals surface area (Å²) in [6, 6.07) is 0. The Morgan fingerprint density at radius 2 is 2.07 bits per heavy atom. The van der Waals surface area contributed by atoms with E-state index in [0.29, 0.717) is 0 Å². The van der Waals surface area contributed by atoms with Gasteiger partial charge >= 0.3 is 0 Å². The smallest absolute Gasteiger partial charge is 0.0954 e. The predicted molar refractivity (Wildman–Crippen MR) is 62.7 cm³/mol. The van der Waals surface area contributed by atoms with Crippen molar-refractivity contribution in [1.82, 2.24) is 0 Å². The van der Waals surface area contributed by atoms with Crippen LogP contribution in [0.3, 0.4) is 0 Å². The molecular weight excluding hydrogens is 192 g/mol. The molecule has 1 nitrogen and oxygen atoms in total. The van der Waals surface area contributed by atoms with Crippen molar-refractivity contribution in [2.24, 2.45) is 0 Å². The summed E-state index contributed by atoms with van der Waals surface area (Å²) in [5.74, 6) is 2.06. The zero-order valence-corrected chi connectivity index (χ0v) is 9.61.